The maximum Gasteiger partial charge on any atom is 0.0222 e. The summed E-state index contributed by atoms with van der Waals surface area (Å²) in [5.41, 5.74) is 5.69. The smallest absolute Gasteiger partial charge is 0.0222 e. The molecular formula is C13H22N2. The molecule has 1 unspecified atom stereocenters. The van der Waals surface area contributed by atoms with Crippen molar-refractivity contribution in [2.45, 2.75) is 45.6 Å². The van der Waals surface area contributed by atoms with Crippen molar-refractivity contribution < 1.29 is 0 Å². The second-order valence-electron chi connectivity index (χ2n) is 5.22. The summed E-state index contributed by atoms with van der Waals surface area (Å²) in [5.74, 6) is 5.37. The molecule has 0 heterocycles. The molecule has 1 rings (SSSR count). The van der Waals surface area contributed by atoms with Gasteiger partial charge in [0, 0.05) is 6.04 Å². The van der Waals surface area contributed by atoms with Crippen molar-refractivity contribution in [3.63, 3.8) is 0 Å². The zero-order valence-corrected chi connectivity index (χ0v) is 10.2. The Morgan fingerprint density at radius 1 is 1.20 bits per heavy atom. The van der Waals surface area contributed by atoms with E-state index >= 15 is 0 Å². The minimum atomic E-state index is 0.232. The molecular weight excluding hydrogens is 184 g/mol. The number of hydrogen-bond donors (Lipinski definition) is 2. The Balaban J connectivity index is 2.73. The van der Waals surface area contributed by atoms with Gasteiger partial charge in [-0.1, -0.05) is 45.0 Å². The average Bonchev–Trinajstić information content (AvgIpc) is 2.17. The number of benzene rings is 1. The highest BCUT2D eigenvalue weighted by Gasteiger charge is 2.12. The molecule has 0 aromatic heterocycles. The molecule has 1 aromatic rings. The standard InChI is InChI=1S/C13H22N2/c1-10(15-14)9-11-5-7-12(8-6-11)13(2,3)4/h5-8,10,15H,9,14H2,1-4H3. The second kappa shape index (κ2) is 4.77. The van der Waals surface area contributed by atoms with Gasteiger partial charge in [-0.05, 0) is 29.9 Å². The highest BCUT2D eigenvalue weighted by atomic mass is 15.2. The molecule has 2 heteroatoms. The molecule has 15 heavy (non-hydrogen) atoms. The van der Waals surface area contributed by atoms with Crippen LogP contribution in [0.4, 0.5) is 0 Å². The molecule has 0 fully saturated rings. The monoisotopic (exact) mass is 206 g/mol. The van der Waals surface area contributed by atoms with Crippen molar-refractivity contribution in [3.8, 4) is 0 Å². The molecule has 2 nitrogen and oxygen atoms in total. The predicted octanol–water partition coefficient (Wildman–Crippen LogP) is 2.38. The van der Waals surface area contributed by atoms with Gasteiger partial charge in [-0.25, -0.2) is 0 Å². The summed E-state index contributed by atoms with van der Waals surface area (Å²) < 4.78 is 0. The molecule has 0 saturated heterocycles. The lowest BCUT2D eigenvalue weighted by molar-refractivity contribution is 0.566. The van der Waals surface area contributed by atoms with Gasteiger partial charge in [0.05, 0.1) is 0 Å². The molecule has 84 valence electrons. The molecule has 0 aliphatic rings. The van der Waals surface area contributed by atoms with Crippen molar-refractivity contribution in [1.82, 2.24) is 5.43 Å². The predicted molar refractivity (Wildman–Crippen MR) is 65.6 cm³/mol. The lowest BCUT2D eigenvalue weighted by Gasteiger charge is -2.19. The second-order valence-corrected chi connectivity index (χ2v) is 5.22. The molecule has 0 amide bonds. The number of nitrogens with two attached hydrogens (primary N) is 1. The molecule has 1 aromatic carbocycles. The number of nitrogens with one attached hydrogen (secondary N) is 1. The van der Waals surface area contributed by atoms with Crippen LogP contribution in [0.3, 0.4) is 0 Å². The first-order chi connectivity index (χ1) is 6.93. The van der Waals surface area contributed by atoms with Crippen LogP contribution < -0.4 is 11.3 Å². The van der Waals surface area contributed by atoms with Crippen LogP contribution in [0.25, 0.3) is 0 Å². The lowest BCUT2D eigenvalue weighted by Crippen LogP contribution is -2.34. The third kappa shape index (κ3) is 3.65. The summed E-state index contributed by atoms with van der Waals surface area (Å²) >= 11 is 0. The Bertz CT molecular complexity index is 295. The van der Waals surface area contributed by atoms with Crippen LogP contribution in [0.2, 0.25) is 0 Å². The Morgan fingerprint density at radius 2 is 1.73 bits per heavy atom. The van der Waals surface area contributed by atoms with Crippen LogP contribution in [0.15, 0.2) is 24.3 Å². The average molecular weight is 206 g/mol. The van der Waals surface area contributed by atoms with Crippen LogP contribution in [0.1, 0.15) is 38.8 Å². The summed E-state index contributed by atoms with van der Waals surface area (Å²) in [7, 11) is 0. The highest BCUT2D eigenvalue weighted by Crippen LogP contribution is 2.22. The van der Waals surface area contributed by atoms with Crippen LogP contribution in [0, 0.1) is 0 Å². The van der Waals surface area contributed by atoms with Crippen LogP contribution in [-0.2, 0) is 11.8 Å². The minimum Gasteiger partial charge on any atom is -0.271 e. The van der Waals surface area contributed by atoms with E-state index in [1.807, 2.05) is 0 Å². The fraction of sp³-hybridized carbons (Fsp3) is 0.538. The Labute approximate surface area is 92.8 Å². The van der Waals surface area contributed by atoms with Gasteiger partial charge in [-0.2, -0.15) is 0 Å². The molecule has 0 bridgehead atoms. The van der Waals surface area contributed by atoms with Gasteiger partial charge in [0.25, 0.3) is 0 Å². The van der Waals surface area contributed by atoms with Gasteiger partial charge in [0.2, 0.25) is 0 Å². The highest BCUT2D eigenvalue weighted by molar-refractivity contribution is 5.27. The Hall–Kier alpha value is -0.860. The molecule has 3 N–H and O–H groups in total. The molecule has 0 spiro atoms. The fourth-order valence-corrected chi connectivity index (χ4v) is 1.55. The van der Waals surface area contributed by atoms with E-state index in [0.29, 0.717) is 6.04 Å². The van der Waals surface area contributed by atoms with E-state index in [1.54, 1.807) is 0 Å². The Morgan fingerprint density at radius 3 is 2.13 bits per heavy atom. The summed E-state index contributed by atoms with van der Waals surface area (Å²) in [5, 5.41) is 0. The first-order valence-corrected chi connectivity index (χ1v) is 5.49. The summed E-state index contributed by atoms with van der Waals surface area (Å²) in [4.78, 5) is 0. The quantitative estimate of drug-likeness (QED) is 0.588. The first-order valence-electron chi connectivity index (χ1n) is 5.49. The zero-order valence-electron chi connectivity index (χ0n) is 10.2. The number of rotatable bonds is 3. The van der Waals surface area contributed by atoms with Crippen molar-refractivity contribution in [3.05, 3.63) is 35.4 Å². The van der Waals surface area contributed by atoms with Gasteiger partial charge < -0.3 is 0 Å². The van der Waals surface area contributed by atoms with E-state index in [1.165, 1.54) is 11.1 Å². The van der Waals surface area contributed by atoms with Crippen molar-refractivity contribution in [2.24, 2.45) is 5.84 Å². The van der Waals surface area contributed by atoms with Crippen molar-refractivity contribution in [2.75, 3.05) is 0 Å². The summed E-state index contributed by atoms with van der Waals surface area (Å²) in [6.45, 7) is 8.77. The van der Waals surface area contributed by atoms with Gasteiger partial charge in [0.15, 0.2) is 0 Å². The summed E-state index contributed by atoms with van der Waals surface area (Å²) in [6.07, 6.45) is 0.973. The van der Waals surface area contributed by atoms with Crippen LogP contribution in [-0.4, -0.2) is 6.04 Å². The van der Waals surface area contributed by atoms with E-state index in [2.05, 4.69) is 57.4 Å². The van der Waals surface area contributed by atoms with Gasteiger partial charge in [-0.3, -0.25) is 11.3 Å². The third-order valence-corrected chi connectivity index (χ3v) is 2.65. The molecule has 0 saturated carbocycles. The normalized spacial score (nSPS) is 13.9. The number of hydrazine groups is 1. The van der Waals surface area contributed by atoms with Gasteiger partial charge in [0.1, 0.15) is 0 Å². The van der Waals surface area contributed by atoms with E-state index in [4.69, 9.17) is 5.84 Å². The van der Waals surface area contributed by atoms with Crippen molar-refractivity contribution in [1.29, 1.82) is 0 Å². The maximum atomic E-state index is 5.37. The molecule has 0 radical (unpaired) electrons. The fourth-order valence-electron chi connectivity index (χ4n) is 1.55. The SMILES string of the molecule is CC(Cc1ccc(C(C)(C)C)cc1)NN. The van der Waals surface area contributed by atoms with Crippen LogP contribution in [0.5, 0.6) is 0 Å². The van der Waals surface area contributed by atoms with E-state index in [0.717, 1.165) is 6.42 Å². The van der Waals surface area contributed by atoms with E-state index < -0.39 is 0 Å². The summed E-state index contributed by atoms with van der Waals surface area (Å²) in [6, 6.07) is 9.12. The largest absolute Gasteiger partial charge is 0.271 e. The first kappa shape index (κ1) is 12.2. The molecule has 0 aliphatic carbocycles. The third-order valence-electron chi connectivity index (χ3n) is 2.65. The van der Waals surface area contributed by atoms with Gasteiger partial charge >= 0.3 is 0 Å². The topological polar surface area (TPSA) is 38.0 Å². The van der Waals surface area contributed by atoms with Crippen molar-refractivity contribution >= 4 is 0 Å². The zero-order chi connectivity index (χ0) is 11.5. The minimum absolute atomic E-state index is 0.232. The van der Waals surface area contributed by atoms with E-state index in [9.17, 15) is 0 Å². The van der Waals surface area contributed by atoms with Crippen LogP contribution >= 0.6 is 0 Å². The Kier molecular flexibility index (Phi) is 3.89. The lowest BCUT2D eigenvalue weighted by atomic mass is 9.86. The number of hydrogen-bond acceptors (Lipinski definition) is 2. The van der Waals surface area contributed by atoms with Gasteiger partial charge in [-0.15, -0.1) is 0 Å². The van der Waals surface area contributed by atoms with E-state index in [-0.39, 0.29) is 5.41 Å². The molecule has 0 aliphatic heterocycles. The molecule has 1 atom stereocenters. The maximum absolute atomic E-state index is 5.37.